The van der Waals surface area contributed by atoms with Crippen LogP contribution in [0.3, 0.4) is 0 Å². The van der Waals surface area contributed by atoms with E-state index >= 15 is 0 Å². The number of carboxylic acids is 2. The molecule has 0 unspecified atom stereocenters. The fourth-order valence-corrected chi connectivity index (χ4v) is 7.91. The molecule has 4 saturated heterocycles. The van der Waals surface area contributed by atoms with Gasteiger partial charge < -0.3 is 114 Å². The fraction of sp³-hybridized carbons (Fsp3) is 0.641. The van der Waals surface area contributed by atoms with Crippen molar-refractivity contribution in [3.05, 3.63) is 48.0 Å². The minimum absolute atomic E-state index is 0. The molecule has 0 saturated carbocycles. The molecule has 0 spiro atoms. The second-order valence-electron chi connectivity index (χ2n) is 15.6. The van der Waals surface area contributed by atoms with Crippen molar-refractivity contribution < 1.29 is 172 Å². The van der Waals surface area contributed by atoms with Gasteiger partial charge in [0.2, 0.25) is 11.8 Å². The third kappa shape index (κ3) is 12.6. The first-order valence-corrected chi connectivity index (χ1v) is 20.0. The van der Waals surface area contributed by atoms with Crippen molar-refractivity contribution in [2.45, 2.75) is 143 Å². The topological polar surface area (TPSA) is 394 Å². The van der Waals surface area contributed by atoms with Gasteiger partial charge >= 0.3 is 59.1 Å². The first-order valence-electron chi connectivity index (χ1n) is 20.0. The van der Waals surface area contributed by atoms with Crippen molar-refractivity contribution in [1.29, 1.82) is 0 Å². The van der Waals surface area contributed by atoms with Crippen LogP contribution in [0.15, 0.2) is 42.5 Å². The van der Waals surface area contributed by atoms with E-state index in [1.165, 1.54) is 0 Å². The predicted molar refractivity (Wildman–Crippen MR) is 199 cm³/mol. The second kappa shape index (κ2) is 24.6. The van der Waals surface area contributed by atoms with Gasteiger partial charge in [-0.25, -0.2) is 0 Å². The van der Waals surface area contributed by atoms with Crippen LogP contribution in [0.4, 0.5) is 0 Å². The molecule has 0 aliphatic carbocycles. The quantitative estimate of drug-likeness (QED) is 0.0738. The van der Waals surface area contributed by atoms with Crippen molar-refractivity contribution in [1.82, 2.24) is 10.6 Å². The van der Waals surface area contributed by atoms with Crippen molar-refractivity contribution in [2.75, 3.05) is 13.2 Å². The molecule has 2 aromatic carbocycles. The van der Waals surface area contributed by atoms with Crippen molar-refractivity contribution in [3.8, 4) is 0 Å². The summed E-state index contributed by atoms with van der Waals surface area (Å²) in [7, 11) is 0. The van der Waals surface area contributed by atoms with E-state index in [4.69, 9.17) is 37.9 Å². The van der Waals surface area contributed by atoms with Gasteiger partial charge in [-0.05, 0) is 22.4 Å². The number of ether oxygens (including phenoxy) is 8. The maximum absolute atomic E-state index is 12.7. The molecule has 27 heteroatoms. The van der Waals surface area contributed by atoms with Gasteiger partial charge in [0, 0.05) is 13.8 Å². The number of aliphatic carboxylic acids is 2. The molecule has 11 N–H and O–H groups in total. The zero-order valence-electron chi connectivity index (χ0n) is 36.0. The zero-order valence-corrected chi connectivity index (χ0v) is 40.0. The van der Waals surface area contributed by atoms with Gasteiger partial charge in [-0.15, -0.1) is 0 Å². The molecule has 0 bridgehead atoms. The average Bonchev–Trinajstić information content (AvgIpc) is 3.25. The van der Waals surface area contributed by atoms with Crippen LogP contribution in [0.5, 0.6) is 0 Å². The summed E-state index contributed by atoms with van der Waals surface area (Å²) in [5.74, 6) is -5.72. The molecule has 20 atom stereocenters. The van der Waals surface area contributed by atoms with E-state index in [1.54, 1.807) is 6.07 Å². The molecule has 356 valence electrons. The maximum atomic E-state index is 12.7. The van der Waals surface area contributed by atoms with Crippen molar-refractivity contribution in [3.63, 3.8) is 0 Å². The molecule has 0 radical (unpaired) electrons. The van der Waals surface area contributed by atoms with E-state index in [1.807, 2.05) is 36.4 Å². The van der Waals surface area contributed by atoms with Crippen LogP contribution in [0.2, 0.25) is 0 Å². The Hall–Kier alpha value is -2.10. The molecular weight excluding hydrogens is 910 g/mol. The van der Waals surface area contributed by atoms with Crippen LogP contribution in [-0.2, 0) is 63.7 Å². The number of aliphatic hydroxyl groups is 9. The molecule has 6 rings (SSSR count). The van der Waals surface area contributed by atoms with Gasteiger partial charge in [0.05, 0.1) is 31.8 Å². The van der Waals surface area contributed by atoms with Crippen LogP contribution in [0.25, 0.3) is 10.8 Å². The molecule has 2 aromatic rings. The summed E-state index contributed by atoms with van der Waals surface area (Å²) in [5.41, 5.74) is 0.660. The van der Waals surface area contributed by atoms with Crippen molar-refractivity contribution in [2.24, 2.45) is 0 Å². The average molecular weight is 961 g/mol. The van der Waals surface area contributed by atoms with Gasteiger partial charge in [0.1, 0.15) is 97.5 Å². The molecule has 66 heavy (non-hydrogen) atoms. The van der Waals surface area contributed by atoms with E-state index < -0.39 is 160 Å². The van der Waals surface area contributed by atoms with Crippen LogP contribution in [-0.4, -0.2) is 206 Å². The summed E-state index contributed by atoms with van der Waals surface area (Å²) >= 11 is 0. The van der Waals surface area contributed by atoms with Crippen LogP contribution >= 0.6 is 0 Å². The Balaban J connectivity index is 0.00000476. The molecule has 4 aliphatic heterocycles. The van der Waals surface area contributed by atoms with Crippen LogP contribution < -0.4 is 80.0 Å². The third-order valence-corrected chi connectivity index (χ3v) is 11.1. The summed E-state index contributed by atoms with van der Waals surface area (Å²) in [4.78, 5) is 49.2. The molecule has 0 aromatic heterocycles. The normalized spacial score (nSPS) is 39.1. The number of rotatable bonds is 15. The number of benzene rings is 2. The number of carbonyl (C=O) groups excluding carboxylic acids is 4. The van der Waals surface area contributed by atoms with Crippen LogP contribution in [0, 0.1) is 0 Å². The number of carbonyl (C=O) groups is 4. The predicted octanol–water partition coefficient (Wildman–Crippen LogP) is -14.6. The minimum atomic E-state index is -2.42. The zero-order chi connectivity index (χ0) is 46.7. The number of amides is 2. The number of hydrogen-bond donors (Lipinski definition) is 11. The molecule has 2 amide bonds. The van der Waals surface area contributed by atoms with Gasteiger partial charge in [-0.1, -0.05) is 36.4 Å². The molecular formula is C39H50N2Na2O23. The standard InChI is InChI=1S/C39H52N2O23.2Na/c1-13(44)40-20-29(22(46)18(10-42)58-36(20)57-12-15-7-8-16-5-3-4-6-17(16)9-15)60-39-28(52)26(50)31(33(64-39)35(55)56)62-37-21(41-14(2)45)30(23(47)19(11-43)59-37)61-38-27(51)24(48)25(49)32(63-38)34(53)54;;/h3-9,18-33,36-39,42-43,46-52H,10-12H2,1-2H3,(H,40,44)(H,41,45)(H,53,54)(H,55,56);;/q;2*+1/p-2/t18-,19-,20-,21-,22-,23-,24+,25+,26-,27-,28-,29-,30-,31+,32+,33+,36-,37+,38-,39-;;/m1../s1. The monoisotopic (exact) mass is 960 g/mol. The van der Waals surface area contributed by atoms with Gasteiger partial charge in [0.25, 0.3) is 0 Å². The van der Waals surface area contributed by atoms with Gasteiger partial charge in [-0.2, -0.15) is 0 Å². The maximum Gasteiger partial charge on any atom is 1.00 e. The molecule has 25 nitrogen and oxygen atoms in total. The summed E-state index contributed by atoms with van der Waals surface area (Å²) < 4.78 is 45.4. The summed E-state index contributed by atoms with van der Waals surface area (Å²) in [6.45, 7) is 0.0916. The van der Waals surface area contributed by atoms with Gasteiger partial charge in [0.15, 0.2) is 25.2 Å². The van der Waals surface area contributed by atoms with E-state index in [0.29, 0.717) is 5.56 Å². The molecule has 4 heterocycles. The Morgan fingerprint density at radius 1 is 0.561 bits per heavy atom. The number of fused-ring (bicyclic) bond motifs is 1. The van der Waals surface area contributed by atoms with E-state index in [9.17, 15) is 75.3 Å². The summed E-state index contributed by atoms with van der Waals surface area (Å²) in [6.07, 6.45) is -36.8. The SMILES string of the molecule is CC(=O)N[C@H]1[C@H](O[C@H]2[C@H](O)[C@@H](O)[C@H](O[C@H]3[C@H](O)[C@@H](CO)O[C@@H](OCc4ccc5ccccc5c4)[C@@H]3NC(C)=O)O[C@@H]2C(=O)[O-])O[C@H](CO)[C@@H](O)[C@@H]1O[C@@H]1O[C@H](C(=O)[O-])[C@@H](O)[C@H](O)[C@H]1O.[Na+].[Na+]. The number of nitrogens with one attached hydrogen (secondary N) is 2. The summed E-state index contributed by atoms with van der Waals surface area (Å²) in [6, 6.07) is 9.66. The second-order valence-corrected chi connectivity index (χ2v) is 15.6. The Morgan fingerprint density at radius 3 is 1.55 bits per heavy atom. The number of aliphatic hydroxyl groups excluding tert-OH is 9. The van der Waals surface area contributed by atoms with Crippen LogP contribution in [0.1, 0.15) is 19.4 Å². The first kappa shape index (κ1) is 56.5. The largest absolute Gasteiger partial charge is 1.00 e. The summed E-state index contributed by atoms with van der Waals surface area (Å²) in [5, 5.41) is 127. The molecule has 4 aliphatic rings. The fourth-order valence-electron chi connectivity index (χ4n) is 7.91. The van der Waals surface area contributed by atoms with Crippen molar-refractivity contribution >= 4 is 34.5 Å². The number of carboxylic acid groups (broad SMARTS) is 2. The smallest absolute Gasteiger partial charge is 0.547 e. The Labute approximate surface area is 419 Å². The van der Waals surface area contributed by atoms with E-state index in [2.05, 4.69) is 10.6 Å². The van der Waals surface area contributed by atoms with E-state index in [-0.39, 0.29) is 65.7 Å². The Kier molecular flexibility index (Phi) is 21.1. The minimum Gasteiger partial charge on any atom is -0.547 e. The molecule has 4 fully saturated rings. The first-order chi connectivity index (χ1) is 30.3. The third-order valence-electron chi connectivity index (χ3n) is 11.1. The van der Waals surface area contributed by atoms with E-state index in [0.717, 1.165) is 24.6 Å². The van der Waals surface area contributed by atoms with Gasteiger partial charge in [-0.3, -0.25) is 9.59 Å². The Bertz CT molecular complexity index is 1960. The number of hydrogen-bond acceptors (Lipinski definition) is 23. The Morgan fingerprint density at radius 2 is 1.03 bits per heavy atom.